The van der Waals surface area contributed by atoms with E-state index in [-0.39, 0.29) is 6.04 Å². The van der Waals surface area contributed by atoms with Crippen molar-refractivity contribution < 1.29 is 0 Å². The third-order valence-electron chi connectivity index (χ3n) is 4.11. The van der Waals surface area contributed by atoms with Gasteiger partial charge in [-0.15, -0.1) is 0 Å². The predicted octanol–water partition coefficient (Wildman–Crippen LogP) is 2.58. The number of anilines is 1. The average molecular weight is 281 g/mol. The summed E-state index contributed by atoms with van der Waals surface area (Å²) in [4.78, 5) is 7.01. The van der Waals surface area contributed by atoms with Crippen LogP contribution >= 0.6 is 0 Å². The van der Waals surface area contributed by atoms with E-state index in [0.717, 1.165) is 38.2 Å². The lowest BCUT2D eigenvalue weighted by Crippen LogP contribution is -2.27. The van der Waals surface area contributed by atoms with Gasteiger partial charge in [-0.05, 0) is 48.9 Å². The SMILES string of the molecule is CC(N)Cc1ccc(N2CCc3ccccc3CC2)nc1. The summed E-state index contributed by atoms with van der Waals surface area (Å²) in [5.74, 6) is 1.08. The first-order valence-electron chi connectivity index (χ1n) is 7.74. The summed E-state index contributed by atoms with van der Waals surface area (Å²) in [6, 6.07) is 13.2. The van der Waals surface area contributed by atoms with Crippen LogP contribution in [0.15, 0.2) is 42.6 Å². The van der Waals surface area contributed by atoms with Crippen LogP contribution in [0.5, 0.6) is 0 Å². The highest BCUT2D eigenvalue weighted by Gasteiger charge is 2.14. The van der Waals surface area contributed by atoms with Crippen molar-refractivity contribution in [1.82, 2.24) is 4.98 Å². The lowest BCUT2D eigenvalue weighted by Gasteiger charge is -2.21. The summed E-state index contributed by atoms with van der Waals surface area (Å²) in [6.45, 7) is 4.10. The Morgan fingerprint density at radius 1 is 1.10 bits per heavy atom. The van der Waals surface area contributed by atoms with Crippen molar-refractivity contribution in [3.05, 3.63) is 59.3 Å². The minimum absolute atomic E-state index is 0.185. The topological polar surface area (TPSA) is 42.1 Å². The number of nitrogens with two attached hydrogens (primary N) is 1. The van der Waals surface area contributed by atoms with Crippen LogP contribution in [0.4, 0.5) is 5.82 Å². The Kier molecular flexibility index (Phi) is 4.20. The molecule has 1 aromatic heterocycles. The maximum absolute atomic E-state index is 5.84. The van der Waals surface area contributed by atoms with Crippen molar-refractivity contribution in [3.8, 4) is 0 Å². The zero-order chi connectivity index (χ0) is 14.7. The molecule has 1 aromatic carbocycles. The summed E-state index contributed by atoms with van der Waals surface area (Å²) in [6.07, 6.45) is 5.05. The van der Waals surface area contributed by atoms with Crippen LogP contribution in [-0.4, -0.2) is 24.1 Å². The van der Waals surface area contributed by atoms with Gasteiger partial charge in [0.25, 0.3) is 0 Å². The fourth-order valence-electron chi connectivity index (χ4n) is 2.99. The molecule has 1 aliphatic heterocycles. The third kappa shape index (κ3) is 3.42. The van der Waals surface area contributed by atoms with Crippen molar-refractivity contribution in [2.24, 2.45) is 5.73 Å². The van der Waals surface area contributed by atoms with Gasteiger partial charge in [-0.3, -0.25) is 0 Å². The molecule has 3 heteroatoms. The molecule has 0 fully saturated rings. The number of pyridine rings is 1. The maximum atomic E-state index is 5.84. The number of benzene rings is 1. The molecular formula is C18H23N3. The molecule has 3 nitrogen and oxygen atoms in total. The lowest BCUT2D eigenvalue weighted by atomic mass is 10.0. The van der Waals surface area contributed by atoms with E-state index in [1.807, 2.05) is 13.1 Å². The van der Waals surface area contributed by atoms with Gasteiger partial charge in [-0.1, -0.05) is 30.3 Å². The van der Waals surface area contributed by atoms with E-state index < -0.39 is 0 Å². The van der Waals surface area contributed by atoms with E-state index in [2.05, 4.69) is 46.3 Å². The summed E-state index contributed by atoms with van der Waals surface area (Å²) in [5, 5.41) is 0. The highest BCUT2D eigenvalue weighted by atomic mass is 15.2. The first-order valence-corrected chi connectivity index (χ1v) is 7.74. The molecule has 1 atom stereocenters. The van der Waals surface area contributed by atoms with E-state index >= 15 is 0 Å². The molecule has 21 heavy (non-hydrogen) atoms. The van der Waals surface area contributed by atoms with E-state index in [0.29, 0.717) is 0 Å². The molecule has 0 saturated carbocycles. The molecule has 3 rings (SSSR count). The van der Waals surface area contributed by atoms with Gasteiger partial charge in [0.05, 0.1) is 0 Å². The number of aromatic nitrogens is 1. The number of hydrogen-bond acceptors (Lipinski definition) is 3. The predicted molar refractivity (Wildman–Crippen MR) is 87.7 cm³/mol. The number of fused-ring (bicyclic) bond motifs is 1. The fraction of sp³-hybridized carbons (Fsp3) is 0.389. The molecule has 0 bridgehead atoms. The van der Waals surface area contributed by atoms with E-state index in [1.165, 1.54) is 16.7 Å². The molecule has 0 aliphatic carbocycles. The second-order valence-electron chi connectivity index (χ2n) is 5.96. The van der Waals surface area contributed by atoms with Crippen molar-refractivity contribution in [1.29, 1.82) is 0 Å². The van der Waals surface area contributed by atoms with Crippen molar-refractivity contribution in [3.63, 3.8) is 0 Å². The zero-order valence-electron chi connectivity index (χ0n) is 12.6. The van der Waals surface area contributed by atoms with Gasteiger partial charge < -0.3 is 10.6 Å². The fourth-order valence-corrected chi connectivity index (χ4v) is 2.99. The van der Waals surface area contributed by atoms with Gasteiger partial charge >= 0.3 is 0 Å². The van der Waals surface area contributed by atoms with Gasteiger partial charge in [0, 0.05) is 25.3 Å². The Balaban J connectivity index is 1.71. The number of nitrogens with zero attached hydrogens (tertiary/aromatic N) is 2. The number of rotatable bonds is 3. The average Bonchev–Trinajstić information content (AvgIpc) is 2.70. The minimum Gasteiger partial charge on any atom is -0.356 e. The molecule has 1 aliphatic rings. The molecule has 2 N–H and O–H groups in total. The Morgan fingerprint density at radius 3 is 2.29 bits per heavy atom. The van der Waals surface area contributed by atoms with Gasteiger partial charge in [0.15, 0.2) is 0 Å². The third-order valence-corrected chi connectivity index (χ3v) is 4.11. The Bertz CT molecular complexity index is 563. The standard InChI is InChI=1S/C18H23N3/c1-14(19)12-15-6-7-18(20-13-15)21-10-8-16-4-2-3-5-17(16)9-11-21/h2-7,13-14H,8-12,19H2,1H3. The van der Waals surface area contributed by atoms with E-state index in [1.54, 1.807) is 0 Å². The Morgan fingerprint density at radius 2 is 1.76 bits per heavy atom. The van der Waals surface area contributed by atoms with Crippen molar-refractivity contribution in [2.75, 3.05) is 18.0 Å². The molecule has 2 aromatic rings. The smallest absolute Gasteiger partial charge is 0.128 e. The summed E-state index contributed by atoms with van der Waals surface area (Å²) < 4.78 is 0. The summed E-state index contributed by atoms with van der Waals surface area (Å²) in [7, 11) is 0. The molecular weight excluding hydrogens is 258 g/mol. The molecule has 0 amide bonds. The monoisotopic (exact) mass is 281 g/mol. The van der Waals surface area contributed by atoms with Gasteiger partial charge in [0.2, 0.25) is 0 Å². The second kappa shape index (κ2) is 6.27. The van der Waals surface area contributed by atoms with Crippen LogP contribution in [0, 0.1) is 0 Å². The molecule has 1 unspecified atom stereocenters. The largest absolute Gasteiger partial charge is 0.356 e. The van der Waals surface area contributed by atoms with Crippen LogP contribution < -0.4 is 10.6 Å². The number of hydrogen-bond donors (Lipinski definition) is 1. The molecule has 0 saturated heterocycles. The zero-order valence-corrected chi connectivity index (χ0v) is 12.6. The van der Waals surface area contributed by atoms with E-state index in [9.17, 15) is 0 Å². The summed E-state index contributed by atoms with van der Waals surface area (Å²) in [5.41, 5.74) is 10.0. The first kappa shape index (κ1) is 14.1. The first-order chi connectivity index (χ1) is 10.2. The Hall–Kier alpha value is -1.87. The highest BCUT2D eigenvalue weighted by molar-refractivity contribution is 5.42. The quantitative estimate of drug-likeness (QED) is 0.940. The van der Waals surface area contributed by atoms with Crippen LogP contribution in [-0.2, 0) is 19.3 Å². The highest BCUT2D eigenvalue weighted by Crippen LogP contribution is 2.19. The second-order valence-corrected chi connectivity index (χ2v) is 5.96. The van der Waals surface area contributed by atoms with Crippen molar-refractivity contribution >= 4 is 5.82 Å². The van der Waals surface area contributed by atoms with Crippen LogP contribution in [0.2, 0.25) is 0 Å². The van der Waals surface area contributed by atoms with Gasteiger partial charge in [-0.2, -0.15) is 0 Å². The van der Waals surface area contributed by atoms with Crippen LogP contribution in [0.1, 0.15) is 23.6 Å². The van der Waals surface area contributed by atoms with E-state index in [4.69, 9.17) is 5.73 Å². The van der Waals surface area contributed by atoms with Crippen LogP contribution in [0.25, 0.3) is 0 Å². The molecule has 0 radical (unpaired) electrons. The summed E-state index contributed by atoms with van der Waals surface area (Å²) >= 11 is 0. The Labute approximate surface area is 126 Å². The minimum atomic E-state index is 0.185. The van der Waals surface area contributed by atoms with Crippen molar-refractivity contribution in [2.45, 2.75) is 32.2 Å². The maximum Gasteiger partial charge on any atom is 0.128 e. The van der Waals surface area contributed by atoms with Crippen LogP contribution in [0.3, 0.4) is 0 Å². The van der Waals surface area contributed by atoms with Gasteiger partial charge in [0.1, 0.15) is 5.82 Å². The normalized spacial score (nSPS) is 16.2. The van der Waals surface area contributed by atoms with Gasteiger partial charge in [-0.25, -0.2) is 4.98 Å². The molecule has 110 valence electrons. The molecule has 2 heterocycles. The molecule has 0 spiro atoms. The lowest BCUT2D eigenvalue weighted by molar-refractivity contribution is 0.733.